The normalized spacial score (nSPS) is 19.0. The van der Waals surface area contributed by atoms with Crippen molar-refractivity contribution in [3.63, 3.8) is 0 Å². The van der Waals surface area contributed by atoms with Gasteiger partial charge in [0.25, 0.3) is 0 Å². The second-order valence-corrected chi connectivity index (χ2v) is 6.66. The number of hydrogen-bond acceptors (Lipinski definition) is 7. The van der Waals surface area contributed by atoms with Gasteiger partial charge in [0, 0.05) is 32.0 Å². The molecule has 0 unspecified atom stereocenters. The summed E-state index contributed by atoms with van der Waals surface area (Å²) in [7, 11) is 1.75. The Labute approximate surface area is 138 Å². The number of aromatic nitrogens is 4. The van der Waals surface area contributed by atoms with Crippen LogP contribution in [-0.4, -0.2) is 37.9 Å². The highest BCUT2D eigenvalue weighted by atomic mass is 16.6. The van der Waals surface area contributed by atoms with E-state index < -0.39 is 0 Å². The van der Waals surface area contributed by atoms with Crippen LogP contribution in [-0.2, 0) is 7.05 Å². The highest BCUT2D eigenvalue weighted by Gasteiger charge is 2.34. The Bertz CT molecular complexity index is 770. The van der Waals surface area contributed by atoms with Gasteiger partial charge in [0.2, 0.25) is 11.7 Å². The van der Waals surface area contributed by atoms with Crippen LogP contribution < -0.4 is 4.90 Å². The molecule has 1 aliphatic carbocycles. The average molecular weight is 332 g/mol. The standard InChI is InChI=1S/C15H20N6O3/c1-9-12(21(22)23)15(19(2)17-9)20-7-5-10(6-8-20)13-16-14(24-18-13)11-3-4-11/h10-11H,3-8H2,1-2H3. The summed E-state index contributed by atoms with van der Waals surface area (Å²) in [6.07, 6.45) is 3.99. The molecular formula is C15H20N6O3. The summed E-state index contributed by atoms with van der Waals surface area (Å²) in [5.41, 5.74) is 0.554. The average Bonchev–Trinajstić information content (AvgIpc) is 3.20. The molecule has 0 atom stereocenters. The van der Waals surface area contributed by atoms with Crippen molar-refractivity contribution >= 4 is 11.5 Å². The molecule has 2 aromatic rings. The van der Waals surface area contributed by atoms with E-state index in [1.807, 2.05) is 4.90 Å². The summed E-state index contributed by atoms with van der Waals surface area (Å²) in [5, 5.41) is 19.7. The third-order valence-electron chi connectivity index (χ3n) is 4.89. The van der Waals surface area contributed by atoms with Crippen molar-refractivity contribution in [1.82, 2.24) is 19.9 Å². The third kappa shape index (κ3) is 2.53. The highest BCUT2D eigenvalue weighted by Crippen LogP contribution is 2.40. The maximum absolute atomic E-state index is 11.4. The lowest BCUT2D eigenvalue weighted by Crippen LogP contribution is -2.34. The van der Waals surface area contributed by atoms with E-state index in [4.69, 9.17) is 4.52 Å². The van der Waals surface area contributed by atoms with Gasteiger partial charge in [0.1, 0.15) is 5.69 Å². The molecule has 2 aliphatic rings. The Balaban J connectivity index is 1.49. The maximum Gasteiger partial charge on any atom is 0.333 e. The molecule has 9 heteroatoms. The Morgan fingerprint density at radius 1 is 1.21 bits per heavy atom. The fourth-order valence-electron chi connectivity index (χ4n) is 3.46. The zero-order valence-corrected chi connectivity index (χ0v) is 13.8. The Hall–Kier alpha value is -2.45. The topological polar surface area (TPSA) is 103 Å². The van der Waals surface area contributed by atoms with Crippen LogP contribution in [0.15, 0.2) is 4.52 Å². The molecule has 24 heavy (non-hydrogen) atoms. The Kier molecular flexibility index (Phi) is 3.50. The van der Waals surface area contributed by atoms with Gasteiger partial charge in [-0.2, -0.15) is 10.1 Å². The molecule has 4 rings (SSSR count). The zero-order valence-electron chi connectivity index (χ0n) is 13.8. The summed E-state index contributed by atoms with van der Waals surface area (Å²) < 4.78 is 6.95. The fraction of sp³-hybridized carbons (Fsp3) is 0.667. The molecule has 0 amide bonds. The number of nitro groups is 1. The van der Waals surface area contributed by atoms with Crippen molar-refractivity contribution in [2.24, 2.45) is 7.05 Å². The zero-order chi connectivity index (χ0) is 16.8. The lowest BCUT2D eigenvalue weighted by molar-refractivity contribution is -0.384. The molecule has 1 saturated carbocycles. The smallest absolute Gasteiger partial charge is 0.333 e. The molecule has 3 heterocycles. The van der Waals surface area contributed by atoms with Crippen LogP contribution in [0.25, 0.3) is 0 Å². The van der Waals surface area contributed by atoms with Crippen molar-refractivity contribution < 1.29 is 9.45 Å². The maximum atomic E-state index is 11.4. The first-order valence-electron chi connectivity index (χ1n) is 8.31. The summed E-state index contributed by atoms with van der Waals surface area (Å²) in [4.78, 5) is 17.6. The molecule has 2 aromatic heterocycles. The van der Waals surface area contributed by atoms with E-state index in [0.717, 1.165) is 50.5 Å². The van der Waals surface area contributed by atoms with E-state index in [1.165, 1.54) is 0 Å². The molecule has 1 aliphatic heterocycles. The van der Waals surface area contributed by atoms with Gasteiger partial charge in [-0.25, -0.2) is 4.68 Å². The Morgan fingerprint density at radius 3 is 2.54 bits per heavy atom. The van der Waals surface area contributed by atoms with E-state index in [1.54, 1.807) is 18.7 Å². The molecule has 0 spiro atoms. The van der Waals surface area contributed by atoms with Crippen molar-refractivity contribution in [2.75, 3.05) is 18.0 Å². The van der Waals surface area contributed by atoms with Crippen LogP contribution in [0.3, 0.4) is 0 Å². The van der Waals surface area contributed by atoms with Gasteiger partial charge in [-0.05, 0) is 32.6 Å². The first-order chi connectivity index (χ1) is 11.5. The molecular weight excluding hydrogens is 312 g/mol. The minimum atomic E-state index is -0.342. The predicted octanol–water partition coefficient (Wildman–Crippen LogP) is 2.28. The van der Waals surface area contributed by atoms with E-state index in [-0.39, 0.29) is 16.5 Å². The first-order valence-corrected chi connectivity index (χ1v) is 8.31. The van der Waals surface area contributed by atoms with Crippen LogP contribution in [0, 0.1) is 17.0 Å². The second kappa shape index (κ2) is 5.57. The molecule has 0 bridgehead atoms. The molecule has 0 aromatic carbocycles. The molecule has 9 nitrogen and oxygen atoms in total. The fourth-order valence-corrected chi connectivity index (χ4v) is 3.46. The largest absolute Gasteiger partial charge is 0.351 e. The number of nitrogens with zero attached hydrogens (tertiary/aromatic N) is 6. The monoisotopic (exact) mass is 332 g/mol. The summed E-state index contributed by atoms with van der Waals surface area (Å²) >= 11 is 0. The number of piperidine rings is 1. The van der Waals surface area contributed by atoms with Crippen molar-refractivity contribution in [3.05, 3.63) is 27.5 Å². The molecule has 0 radical (unpaired) electrons. The molecule has 1 saturated heterocycles. The van der Waals surface area contributed by atoms with Gasteiger partial charge < -0.3 is 9.42 Å². The minimum Gasteiger partial charge on any atom is -0.351 e. The van der Waals surface area contributed by atoms with Gasteiger partial charge in [-0.1, -0.05) is 5.16 Å². The van der Waals surface area contributed by atoms with Crippen molar-refractivity contribution in [1.29, 1.82) is 0 Å². The minimum absolute atomic E-state index is 0.103. The number of rotatable bonds is 4. The second-order valence-electron chi connectivity index (χ2n) is 6.66. The van der Waals surface area contributed by atoms with Crippen molar-refractivity contribution in [2.45, 2.75) is 44.4 Å². The predicted molar refractivity (Wildman–Crippen MR) is 85.1 cm³/mol. The lowest BCUT2D eigenvalue weighted by atomic mass is 9.96. The number of aryl methyl sites for hydroxylation is 2. The van der Waals surface area contributed by atoms with Gasteiger partial charge in [0.05, 0.1) is 4.92 Å². The van der Waals surface area contributed by atoms with Crippen LogP contribution in [0.4, 0.5) is 11.5 Å². The summed E-state index contributed by atoms with van der Waals surface area (Å²) in [6.45, 7) is 3.11. The SMILES string of the molecule is Cc1nn(C)c(N2CCC(c3noc(C4CC4)n3)CC2)c1[N+](=O)[O-]. The van der Waals surface area contributed by atoms with Gasteiger partial charge in [-0.15, -0.1) is 0 Å². The highest BCUT2D eigenvalue weighted by molar-refractivity contribution is 5.61. The first kappa shape index (κ1) is 15.1. The van der Waals surface area contributed by atoms with E-state index in [2.05, 4.69) is 15.2 Å². The van der Waals surface area contributed by atoms with Gasteiger partial charge >= 0.3 is 5.69 Å². The summed E-state index contributed by atoms with van der Waals surface area (Å²) in [5.74, 6) is 2.86. The van der Waals surface area contributed by atoms with Crippen LogP contribution in [0.2, 0.25) is 0 Å². The molecule has 0 N–H and O–H groups in total. The van der Waals surface area contributed by atoms with Crippen LogP contribution in [0.5, 0.6) is 0 Å². The molecule has 2 fully saturated rings. The lowest BCUT2D eigenvalue weighted by Gasteiger charge is -2.31. The van der Waals surface area contributed by atoms with Crippen LogP contribution in [0.1, 0.15) is 54.9 Å². The van der Waals surface area contributed by atoms with Gasteiger partial charge in [-0.3, -0.25) is 10.1 Å². The molecule has 128 valence electrons. The van der Waals surface area contributed by atoms with Gasteiger partial charge in [0.15, 0.2) is 5.82 Å². The van der Waals surface area contributed by atoms with E-state index in [0.29, 0.717) is 17.4 Å². The quantitative estimate of drug-likeness (QED) is 0.625. The van der Waals surface area contributed by atoms with E-state index >= 15 is 0 Å². The Morgan fingerprint density at radius 2 is 1.92 bits per heavy atom. The number of hydrogen-bond donors (Lipinski definition) is 0. The number of anilines is 1. The van der Waals surface area contributed by atoms with Crippen LogP contribution >= 0.6 is 0 Å². The van der Waals surface area contributed by atoms with E-state index in [9.17, 15) is 10.1 Å². The van der Waals surface area contributed by atoms with Crippen molar-refractivity contribution in [3.8, 4) is 0 Å². The summed E-state index contributed by atoms with van der Waals surface area (Å²) in [6, 6.07) is 0. The third-order valence-corrected chi connectivity index (χ3v) is 4.89.